The Morgan fingerprint density at radius 2 is 1.05 bits per heavy atom. The molecule has 0 unspecified atom stereocenters. The van der Waals surface area contributed by atoms with Gasteiger partial charge in [0.2, 0.25) is 0 Å². The van der Waals surface area contributed by atoms with Gasteiger partial charge >= 0.3 is 0 Å². The fourth-order valence-electron chi connectivity index (χ4n) is 1.30. The predicted octanol–water partition coefficient (Wildman–Crippen LogP) is 7.14. The quantitative estimate of drug-likeness (QED) is 0.414. The molecule has 0 nitrogen and oxygen atoms in total. The van der Waals surface area contributed by atoms with Crippen LogP contribution in [-0.4, -0.2) is 5.08 Å². The Bertz CT molecular complexity index is 535. The summed E-state index contributed by atoms with van der Waals surface area (Å²) in [6, 6.07) is 11.2. The molecule has 2 aromatic carbocycles. The molecule has 0 atom stereocenters. The zero-order chi connectivity index (χ0) is 13.8. The molecule has 0 radical (unpaired) electrons. The second-order valence-corrected chi connectivity index (χ2v) is 7.65. The third-order valence-corrected chi connectivity index (χ3v) is 5.83. The van der Waals surface area contributed by atoms with Gasteiger partial charge in [-0.2, -0.15) is 0 Å². The molecule has 0 heterocycles. The minimum atomic E-state index is 0.572. The molecule has 0 aliphatic rings. The van der Waals surface area contributed by atoms with E-state index in [0.717, 1.165) is 14.9 Å². The van der Waals surface area contributed by atoms with Gasteiger partial charge in [0.15, 0.2) is 0 Å². The fourth-order valence-corrected chi connectivity index (χ4v) is 4.08. The molecule has 0 amide bonds. The Morgan fingerprint density at radius 3 is 1.42 bits per heavy atom. The fraction of sp³-hybridized carbons (Fsp3) is 0.0769. The SMILES string of the molecule is Clc1ccc(SCSc2ccc(Cl)c(Cl)c2)cc1Cl. The molecule has 0 bridgehead atoms. The normalized spacial score (nSPS) is 10.7. The average Bonchev–Trinajstić information content (AvgIpc) is 2.38. The molecule has 6 heteroatoms. The van der Waals surface area contributed by atoms with Crippen LogP contribution in [0, 0.1) is 0 Å². The van der Waals surface area contributed by atoms with E-state index in [9.17, 15) is 0 Å². The third kappa shape index (κ3) is 4.66. The summed E-state index contributed by atoms with van der Waals surface area (Å²) < 4.78 is 0. The summed E-state index contributed by atoms with van der Waals surface area (Å²) in [5.74, 6) is 0. The number of thioether (sulfide) groups is 2. The van der Waals surface area contributed by atoms with E-state index in [1.165, 1.54) is 0 Å². The van der Waals surface area contributed by atoms with Crippen LogP contribution in [0.5, 0.6) is 0 Å². The van der Waals surface area contributed by atoms with Gasteiger partial charge in [0, 0.05) is 14.9 Å². The maximum absolute atomic E-state index is 5.96. The van der Waals surface area contributed by atoms with Gasteiger partial charge in [-0.25, -0.2) is 0 Å². The van der Waals surface area contributed by atoms with Gasteiger partial charge < -0.3 is 0 Å². The lowest BCUT2D eigenvalue weighted by Gasteiger charge is -2.04. The molecule has 0 saturated carbocycles. The summed E-state index contributed by atoms with van der Waals surface area (Å²) in [4.78, 5) is 2.17. The standard InChI is InChI=1S/C13H8Cl4S2/c14-10-3-1-8(5-12(10)16)18-7-19-9-2-4-11(15)13(17)6-9/h1-6H,7H2. The molecule has 0 aromatic heterocycles. The van der Waals surface area contributed by atoms with Gasteiger partial charge in [-0.05, 0) is 36.4 Å². The summed E-state index contributed by atoms with van der Waals surface area (Å²) in [7, 11) is 0. The molecule has 100 valence electrons. The molecule has 2 rings (SSSR count). The highest BCUT2D eigenvalue weighted by molar-refractivity contribution is 8.16. The topological polar surface area (TPSA) is 0 Å². The highest BCUT2D eigenvalue weighted by Crippen LogP contribution is 2.33. The van der Waals surface area contributed by atoms with Crippen LogP contribution in [0.4, 0.5) is 0 Å². The van der Waals surface area contributed by atoms with Crippen molar-refractivity contribution in [2.24, 2.45) is 0 Å². The smallest absolute Gasteiger partial charge is 0.0603 e. The first kappa shape index (κ1) is 15.7. The average molecular weight is 370 g/mol. The highest BCUT2D eigenvalue weighted by Gasteiger charge is 2.03. The van der Waals surface area contributed by atoms with Crippen molar-refractivity contribution in [1.82, 2.24) is 0 Å². The molecule has 19 heavy (non-hydrogen) atoms. The summed E-state index contributed by atoms with van der Waals surface area (Å²) in [6.45, 7) is 0. The van der Waals surface area contributed by atoms with Gasteiger partial charge in [0.1, 0.15) is 0 Å². The first-order chi connectivity index (χ1) is 9.06. The Morgan fingerprint density at radius 1 is 0.632 bits per heavy atom. The number of halogens is 4. The van der Waals surface area contributed by atoms with Crippen molar-refractivity contribution in [2.75, 3.05) is 5.08 Å². The summed E-state index contributed by atoms with van der Waals surface area (Å²) >= 11 is 27.0. The minimum Gasteiger partial charge on any atom is -0.115 e. The largest absolute Gasteiger partial charge is 0.115 e. The third-order valence-electron chi connectivity index (χ3n) is 2.23. The maximum atomic E-state index is 5.96. The van der Waals surface area contributed by atoms with Gasteiger partial charge in [-0.15, -0.1) is 23.5 Å². The number of hydrogen-bond donors (Lipinski definition) is 0. The molecule has 0 fully saturated rings. The van der Waals surface area contributed by atoms with Crippen molar-refractivity contribution < 1.29 is 0 Å². The highest BCUT2D eigenvalue weighted by atomic mass is 35.5. The molecule has 0 spiro atoms. The molecular formula is C13H8Cl4S2. The van der Waals surface area contributed by atoms with Crippen LogP contribution in [-0.2, 0) is 0 Å². The number of rotatable bonds is 4. The Balaban J connectivity index is 1.92. The van der Waals surface area contributed by atoms with Crippen molar-refractivity contribution in [2.45, 2.75) is 9.79 Å². The van der Waals surface area contributed by atoms with Crippen LogP contribution in [0.15, 0.2) is 46.2 Å². The van der Waals surface area contributed by atoms with Crippen molar-refractivity contribution >= 4 is 69.9 Å². The zero-order valence-electron chi connectivity index (χ0n) is 9.50. The van der Waals surface area contributed by atoms with E-state index in [4.69, 9.17) is 46.4 Å². The molecule has 2 aromatic rings. The molecule has 0 saturated heterocycles. The zero-order valence-corrected chi connectivity index (χ0v) is 14.2. The van der Waals surface area contributed by atoms with Crippen molar-refractivity contribution in [1.29, 1.82) is 0 Å². The lowest BCUT2D eigenvalue weighted by atomic mass is 10.4. The van der Waals surface area contributed by atoms with Crippen molar-refractivity contribution in [3.63, 3.8) is 0 Å². The van der Waals surface area contributed by atoms with Crippen LogP contribution in [0.1, 0.15) is 0 Å². The van der Waals surface area contributed by atoms with Crippen molar-refractivity contribution in [3.05, 3.63) is 56.5 Å². The van der Waals surface area contributed by atoms with Crippen LogP contribution in [0.2, 0.25) is 20.1 Å². The summed E-state index contributed by atoms with van der Waals surface area (Å²) in [5, 5.41) is 3.15. The van der Waals surface area contributed by atoms with E-state index in [0.29, 0.717) is 20.1 Å². The summed E-state index contributed by atoms with van der Waals surface area (Å²) in [5.41, 5.74) is 0. The van der Waals surface area contributed by atoms with Crippen LogP contribution in [0.3, 0.4) is 0 Å². The Kier molecular flexibility index (Phi) is 6.07. The first-order valence-electron chi connectivity index (χ1n) is 5.22. The number of benzene rings is 2. The second-order valence-electron chi connectivity index (χ2n) is 3.56. The predicted molar refractivity (Wildman–Crippen MR) is 89.5 cm³/mol. The Labute approximate surface area is 140 Å². The number of hydrogen-bond acceptors (Lipinski definition) is 2. The van der Waals surface area contributed by atoms with Gasteiger partial charge in [0.25, 0.3) is 0 Å². The molecular weight excluding hydrogens is 362 g/mol. The van der Waals surface area contributed by atoms with E-state index >= 15 is 0 Å². The van der Waals surface area contributed by atoms with Crippen LogP contribution in [0.25, 0.3) is 0 Å². The van der Waals surface area contributed by atoms with Crippen LogP contribution < -0.4 is 0 Å². The second kappa shape index (κ2) is 7.35. The first-order valence-corrected chi connectivity index (χ1v) is 8.70. The van der Waals surface area contributed by atoms with E-state index in [1.807, 2.05) is 24.3 Å². The maximum Gasteiger partial charge on any atom is 0.0603 e. The van der Waals surface area contributed by atoms with E-state index < -0.39 is 0 Å². The van der Waals surface area contributed by atoms with Gasteiger partial charge in [0.05, 0.1) is 20.1 Å². The van der Waals surface area contributed by atoms with Gasteiger partial charge in [-0.3, -0.25) is 0 Å². The Hall–Kier alpha value is 0.300. The molecule has 0 N–H and O–H groups in total. The summed E-state index contributed by atoms with van der Waals surface area (Å²) in [6.07, 6.45) is 0. The van der Waals surface area contributed by atoms with E-state index in [1.54, 1.807) is 35.7 Å². The van der Waals surface area contributed by atoms with E-state index in [-0.39, 0.29) is 0 Å². The molecule has 0 aliphatic carbocycles. The molecule has 0 aliphatic heterocycles. The van der Waals surface area contributed by atoms with E-state index in [2.05, 4.69) is 0 Å². The lowest BCUT2D eigenvalue weighted by Crippen LogP contribution is -1.77. The van der Waals surface area contributed by atoms with Gasteiger partial charge in [-0.1, -0.05) is 46.4 Å². The monoisotopic (exact) mass is 368 g/mol. The van der Waals surface area contributed by atoms with Crippen molar-refractivity contribution in [3.8, 4) is 0 Å². The minimum absolute atomic E-state index is 0.572. The lowest BCUT2D eigenvalue weighted by molar-refractivity contribution is 1.46. The van der Waals surface area contributed by atoms with Crippen LogP contribution >= 0.6 is 69.9 Å².